The van der Waals surface area contributed by atoms with E-state index in [-0.39, 0.29) is 5.91 Å². The maximum Gasteiger partial charge on any atom is 0.274 e. The number of fused-ring (bicyclic) bond motifs is 1. The van der Waals surface area contributed by atoms with Crippen molar-refractivity contribution in [3.63, 3.8) is 0 Å². The smallest absolute Gasteiger partial charge is 0.274 e. The molecule has 8 nitrogen and oxygen atoms in total. The molecule has 3 aromatic heterocycles. The summed E-state index contributed by atoms with van der Waals surface area (Å²) in [6.07, 6.45) is 10.1. The predicted octanol–water partition coefficient (Wildman–Crippen LogP) is 0.574. The number of aromatic nitrogens is 6. The number of hydrogen-bond donors (Lipinski definition) is 0. The molecule has 0 bridgehead atoms. The fourth-order valence-electron chi connectivity index (χ4n) is 2.75. The third-order valence-electron chi connectivity index (χ3n) is 3.90. The lowest BCUT2D eigenvalue weighted by atomic mass is 10.3. The van der Waals surface area contributed by atoms with Crippen LogP contribution in [-0.2, 0) is 19.6 Å². The molecule has 23 heavy (non-hydrogen) atoms. The molecule has 0 radical (unpaired) electrons. The number of carbonyl (C=O) groups excluding carboxylic acids is 1. The van der Waals surface area contributed by atoms with E-state index in [1.807, 2.05) is 23.1 Å². The molecule has 0 unspecified atom stereocenters. The van der Waals surface area contributed by atoms with Gasteiger partial charge in [-0.3, -0.25) is 14.5 Å². The zero-order valence-electron chi connectivity index (χ0n) is 12.4. The van der Waals surface area contributed by atoms with E-state index in [1.54, 1.807) is 17.3 Å². The van der Waals surface area contributed by atoms with Crippen LogP contribution < -0.4 is 0 Å². The number of hydrogen-bond acceptors (Lipinski definition) is 5. The summed E-state index contributed by atoms with van der Waals surface area (Å²) >= 11 is 0. The van der Waals surface area contributed by atoms with E-state index in [4.69, 9.17) is 0 Å². The van der Waals surface area contributed by atoms with Crippen LogP contribution in [0.15, 0.2) is 43.2 Å². The molecule has 0 atom stereocenters. The van der Waals surface area contributed by atoms with E-state index in [1.165, 1.54) is 12.4 Å². The van der Waals surface area contributed by atoms with Crippen LogP contribution in [0.3, 0.4) is 0 Å². The molecule has 4 heterocycles. The molecule has 0 aromatic carbocycles. The fourth-order valence-corrected chi connectivity index (χ4v) is 2.75. The number of nitrogens with zero attached hydrogens (tertiary/aromatic N) is 7. The van der Waals surface area contributed by atoms with Crippen LogP contribution in [-0.4, -0.2) is 46.7 Å². The molecule has 4 rings (SSSR count). The van der Waals surface area contributed by atoms with E-state index in [0.717, 1.165) is 18.1 Å². The van der Waals surface area contributed by atoms with Crippen LogP contribution in [0.5, 0.6) is 0 Å². The third-order valence-corrected chi connectivity index (χ3v) is 3.90. The summed E-state index contributed by atoms with van der Waals surface area (Å²) in [5, 5.41) is 4.22. The van der Waals surface area contributed by atoms with Gasteiger partial charge in [-0.1, -0.05) is 0 Å². The Hall–Kier alpha value is -3.03. The molecule has 0 saturated carbocycles. The van der Waals surface area contributed by atoms with Gasteiger partial charge in [-0.05, 0) is 6.07 Å². The Kier molecular flexibility index (Phi) is 3.34. The lowest BCUT2D eigenvalue weighted by Crippen LogP contribution is -2.39. The lowest BCUT2D eigenvalue weighted by molar-refractivity contribution is 0.0699. The molecule has 8 heteroatoms. The zero-order valence-corrected chi connectivity index (χ0v) is 12.4. The maximum atomic E-state index is 12.4. The van der Waals surface area contributed by atoms with Gasteiger partial charge in [0.2, 0.25) is 0 Å². The van der Waals surface area contributed by atoms with Gasteiger partial charge in [0.15, 0.2) is 0 Å². The van der Waals surface area contributed by atoms with E-state index >= 15 is 0 Å². The van der Waals surface area contributed by atoms with Gasteiger partial charge in [-0.25, -0.2) is 9.97 Å². The summed E-state index contributed by atoms with van der Waals surface area (Å²) < 4.78 is 4.02. The molecular weight excluding hydrogens is 294 g/mol. The third kappa shape index (κ3) is 2.59. The van der Waals surface area contributed by atoms with Crippen molar-refractivity contribution < 1.29 is 4.79 Å². The Bertz CT molecular complexity index is 810. The molecule has 3 aromatic rings. The van der Waals surface area contributed by atoms with Crippen molar-refractivity contribution in [2.24, 2.45) is 0 Å². The quantitative estimate of drug-likeness (QED) is 0.706. The summed E-state index contributed by atoms with van der Waals surface area (Å²) in [6, 6.07) is 1.90. The van der Waals surface area contributed by atoms with Gasteiger partial charge in [-0.2, -0.15) is 5.10 Å². The van der Waals surface area contributed by atoms with Crippen LogP contribution in [0.1, 0.15) is 22.0 Å². The Morgan fingerprint density at radius 1 is 1.13 bits per heavy atom. The summed E-state index contributed by atoms with van der Waals surface area (Å²) in [5.74, 6) is 0.775. The Morgan fingerprint density at radius 2 is 2.09 bits per heavy atom. The van der Waals surface area contributed by atoms with Crippen LogP contribution in [0.25, 0.3) is 0 Å². The van der Waals surface area contributed by atoms with Crippen molar-refractivity contribution in [3.8, 4) is 0 Å². The molecule has 0 fully saturated rings. The van der Waals surface area contributed by atoms with Crippen LogP contribution >= 0.6 is 0 Å². The summed E-state index contributed by atoms with van der Waals surface area (Å²) in [5.41, 5.74) is 1.46. The second-order valence-electron chi connectivity index (χ2n) is 5.34. The molecule has 0 saturated heterocycles. The van der Waals surface area contributed by atoms with Gasteiger partial charge in [0.05, 0.1) is 31.2 Å². The van der Waals surface area contributed by atoms with Crippen LogP contribution in [0, 0.1) is 0 Å². The Morgan fingerprint density at radius 3 is 2.87 bits per heavy atom. The molecular formula is C15H15N7O. The van der Waals surface area contributed by atoms with Crippen molar-refractivity contribution in [2.75, 3.05) is 6.54 Å². The fraction of sp³-hybridized carbons (Fsp3) is 0.267. The van der Waals surface area contributed by atoms with Gasteiger partial charge in [0, 0.05) is 37.9 Å². The monoisotopic (exact) mass is 309 g/mol. The van der Waals surface area contributed by atoms with Crippen molar-refractivity contribution >= 4 is 5.91 Å². The summed E-state index contributed by atoms with van der Waals surface area (Å²) in [4.78, 5) is 26.7. The summed E-state index contributed by atoms with van der Waals surface area (Å²) in [7, 11) is 0. The molecule has 0 N–H and O–H groups in total. The van der Waals surface area contributed by atoms with Crippen molar-refractivity contribution in [3.05, 3.63) is 60.5 Å². The highest BCUT2D eigenvalue weighted by Gasteiger charge is 2.25. The standard InChI is InChI=1S/C15H15N7O/c23-15(13-9-16-3-4-17-13)20-6-7-22-12(8-18-14(22)11-20)10-21-5-1-2-19-21/h1-5,8-9H,6-7,10-11H2. The average molecular weight is 309 g/mol. The first-order chi connectivity index (χ1) is 11.3. The van der Waals surface area contributed by atoms with Crippen LogP contribution in [0.4, 0.5) is 0 Å². The Balaban J connectivity index is 1.52. The average Bonchev–Trinajstić information content (AvgIpc) is 3.25. The van der Waals surface area contributed by atoms with Crippen molar-refractivity contribution in [2.45, 2.75) is 19.6 Å². The minimum Gasteiger partial charge on any atom is -0.328 e. The highest BCUT2D eigenvalue weighted by molar-refractivity contribution is 5.91. The van der Waals surface area contributed by atoms with Crippen LogP contribution in [0.2, 0.25) is 0 Å². The molecule has 1 aliphatic heterocycles. The SMILES string of the molecule is O=C(c1cnccn1)N1CCn2c(Cn3cccn3)cnc2C1. The van der Waals surface area contributed by atoms with Gasteiger partial charge in [-0.15, -0.1) is 0 Å². The van der Waals surface area contributed by atoms with E-state index in [0.29, 0.717) is 25.3 Å². The first kappa shape index (κ1) is 13.6. The van der Waals surface area contributed by atoms with E-state index in [2.05, 4.69) is 24.6 Å². The topological polar surface area (TPSA) is 81.7 Å². The van der Waals surface area contributed by atoms with Crippen molar-refractivity contribution in [1.82, 2.24) is 34.2 Å². The van der Waals surface area contributed by atoms with Gasteiger partial charge < -0.3 is 9.47 Å². The molecule has 0 spiro atoms. The zero-order chi connectivity index (χ0) is 15.6. The van der Waals surface area contributed by atoms with Gasteiger partial charge in [0.1, 0.15) is 11.5 Å². The molecule has 1 amide bonds. The number of imidazole rings is 1. The second-order valence-corrected chi connectivity index (χ2v) is 5.34. The molecule has 1 aliphatic rings. The second kappa shape index (κ2) is 5.64. The van der Waals surface area contributed by atoms with Crippen molar-refractivity contribution in [1.29, 1.82) is 0 Å². The predicted molar refractivity (Wildman–Crippen MR) is 80.3 cm³/mol. The minimum absolute atomic E-state index is 0.110. The highest BCUT2D eigenvalue weighted by atomic mass is 16.2. The van der Waals surface area contributed by atoms with Gasteiger partial charge in [0.25, 0.3) is 5.91 Å². The van der Waals surface area contributed by atoms with E-state index in [9.17, 15) is 4.79 Å². The first-order valence-electron chi connectivity index (χ1n) is 7.37. The molecule has 116 valence electrons. The lowest BCUT2D eigenvalue weighted by Gasteiger charge is -2.28. The van der Waals surface area contributed by atoms with Gasteiger partial charge >= 0.3 is 0 Å². The normalized spacial score (nSPS) is 13.8. The Labute approximate surface area is 132 Å². The highest BCUT2D eigenvalue weighted by Crippen LogP contribution is 2.16. The minimum atomic E-state index is -0.110. The first-order valence-corrected chi connectivity index (χ1v) is 7.37. The number of rotatable bonds is 3. The summed E-state index contributed by atoms with van der Waals surface area (Å²) in [6.45, 7) is 2.51. The van der Waals surface area contributed by atoms with E-state index < -0.39 is 0 Å². The largest absolute Gasteiger partial charge is 0.328 e. The number of amides is 1. The maximum absolute atomic E-state index is 12.4. The molecule has 0 aliphatic carbocycles. The number of carbonyl (C=O) groups is 1.